The van der Waals surface area contributed by atoms with Gasteiger partial charge in [-0.1, -0.05) is 0 Å². The maximum absolute atomic E-state index is 11.6. The monoisotopic (exact) mass is 303 g/mol. The molecule has 20 heavy (non-hydrogen) atoms. The molecule has 0 aliphatic heterocycles. The largest absolute Gasteiger partial charge is 0.493 e. The molecular formula is C13H21NO5S. The molecule has 2 atom stereocenters. The molecule has 0 heterocycles. The topological polar surface area (TPSA) is 87.9 Å². The summed E-state index contributed by atoms with van der Waals surface area (Å²) < 4.78 is 39.0. The number of sulfone groups is 1. The fraction of sp³-hybridized carbons (Fsp3) is 0.538. The Morgan fingerprint density at radius 1 is 1.05 bits per heavy atom. The number of benzene rings is 1. The summed E-state index contributed by atoms with van der Waals surface area (Å²) in [7, 11) is 1.20. The first-order chi connectivity index (χ1) is 9.27. The third kappa shape index (κ3) is 3.16. The highest BCUT2D eigenvalue weighted by atomic mass is 32.2. The summed E-state index contributed by atoms with van der Waals surface area (Å²) in [6.07, 6.45) is 1.16. The molecule has 1 aromatic rings. The van der Waals surface area contributed by atoms with Crippen LogP contribution in [-0.4, -0.2) is 41.3 Å². The Bertz CT molecular complexity index is 570. The zero-order valence-electron chi connectivity index (χ0n) is 12.3. The fourth-order valence-corrected chi connectivity index (χ4v) is 2.59. The van der Waals surface area contributed by atoms with Gasteiger partial charge in [0.2, 0.25) is 5.75 Å². The molecule has 0 aliphatic rings. The van der Waals surface area contributed by atoms with Gasteiger partial charge in [-0.05, 0) is 19.1 Å². The Labute approximate surface area is 119 Å². The van der Waals surface area contributed by atoms with E-state index < -0.39 is 21.1 Å². The SMILES string of the molecule is COc1ccc(C(N)C(C)S(C)(=O)=O)c(OC)c1OC. The Hall–Kier alpha value is -1.47. The molecule has 2 N–H and O–H groups in total. The minimum absolute atomic E-state index is 0.384. The number of methoxy groups -OCH3 is 3. The molecule has 0 saturated carbocycles. The van der Waals surface area contributed by atoms with Crippen molar-refractivity contribution in [2.75, 3.05) is 27.6 Å². The first kappa shape index (κ1) is 16.6. The van der Waals surface area contributed by atoms with Crippen LogP contribution in [0.15, 0.2) is 12.1 Å². The van der Waals surface area contributed by atoms with Crippen LogP contribution in [0.5, 0.6) is 17.2 Å². The van der Waals surface area contributed by atoms with Crippen molar-refractivity contribution in [1.82, 2.24) is 0 Å². The van der Waals surface area contributed by atoms with Gasteiger partial charge in [-0.15, -0.1) is 0 Å². The third-order valence-electron chi connectivity index (χ3n) is 3.27. The molecular weight excluding hydrogens is 282 g/mol. The van der Waals surface area contributed by atoms with Crippen molar-refractivity contribution >= 4 is 9.84 Å². The van der Waals surface area contributed by atoms with E-state index in [2.05, 4.69) is 0 Å². The van der Waals surface area contributed by atoms with Crippen LogP contribution in [0.2, 0.25) is 0 Å². The lowest BCUT2D eigenvalue weighted by atomic mass is 10.0. The van der Waals surface area contributed by atoms with Crippen molar-refractivity contribution in [2.45, 2.75) is 18.2 Å². The molecule has 7 heteroatoms. The van der Waals surface area contributed by atoms with Crippen molar-refractivity contribution in [2.24, 2.45) is 5.73 Å². The predicted molar refractivity (Wildman–Crippen MR) is 77.3 cm³/mol. The van der Waals surface area contributed by atoms with Gasteiger partial charge in [-0.2, -0.15) is 0 Å². The van der Waals surface area contributed by atoms with E-state index in [4.69, 9.17) is 19.9 Å². The molecule has 6 nitrogen and oxygen atoms in total. The minimum Gasteiger partial charge on any atom is -0.493 e. The van der Waals surface area contributed by atoms with E-state index in [-0.39, 0.29) is 0 Å². The zero-order chi connectivity index (χ0) is 15.5. The van der Waals surface area contributed by atoms with Crippen LogP contribution in [0, 0.1) is 0 Å². The lowest BCUT2D eigenvalue weighted by molar-refractivity contribution is 0.320. The van der Waals surface area contributed by atoms with Gasteiger partial charge in [0.15, 0.2) is 21.3 Å². The Morgan fingerprint density at radius 2 is 1.60 bits per heavy atom. The van der Waals surface area contributed by atoms with Crippen LogP contribution in [0.25, 0.3) is 0 Å². The first-order valence-corrected chi connectivity index (χ1v) is 7.96. The number of hydrogen-bond acceptors (Lipinski definition) is 6. The summed E-state index contributed by atoms with van der Waals surface area (Å²) in [6, 6.07) is 2.64. The van der Waals surface area contributed by atoms with E-state index in [1.54, 1.807) is 19.1 Å². The maximum Gasteiger partial charge on any atom is 0.203 e. The molecule has 2 unspecified atom stereocenters. The number of nitrogens with two attached hydrogens (primary N) is 1. The second-order valence-electron chi connectivity index (χ2n) is 4.48. The summed E-state index contributed by atoms with van der Waals surface area (Å²) in [4.78, 5) is 0. The summed E-state index contributed by atoms with van der Waals surface area (Å²) in [6.45, 7) is 1.57. The van der Waals surface area contributed by atoms with Gasteiger partial charge in [0.05, 0.1) is 32.6 Å². The summed E-state index contributed by atoms with van der Waals surface area (Å²) in [5.74, 6) is 1.27. The van der Waals surface area contributed by atoms with Crippen molar-refractivity contribution in [3.05, 3.63) is 17.7 Å². The zero-order valence-corrected chi connectivity index (χ0v) is 13.2. The van der Waals surface area contributed by atoms with Gasteiger partial charge in [-0.25, -0.2) is 8.42 Å². The number of hydrogen-bond donors (Lipinski definition) is 1. The molecule has 1 rings (SSSR count). The van der Waals surface area contributed by atoms with Gasteiger partial charge in [0.1, 0.15) is 0 Å². The van der Waals surface area contributed by atoms with Crippen molar-refractivity contribution in [3.8, 4) is 17.2 Å². The average Bonchev–Trinajstić information content (AvgIpc) is 2.42. The average molecular weight is 303 g/mol. The highest BCUT2D eigenvalue weighted by Crippen LogP contribution is 2.42. The van der Waals surface area contributed by atoms with Gasteiger partial charge in [-0.3, -0.25) is 0 Å². The molecule has 0 fully saturated rings. The Kier molecular flexibility index (Phi) is 5.24. The highest BCUT2D eigenvalue weighted by molar-refractivity contribution is 7.91. The lowest BCUT2D eigenvalue weighted by Gasteiger charge is -2.23. The predicted octanol–water partition coefficient (Wildman–Crippen LogP) is 1.15. The molecule has 0 bridgehead atoms. The van der Waals surface area contributed by atoms with Crippen LogP contribution in [-0.2, 0) is 9.84 Å². The molecule has 0 spiro atoms. The van der Waals surface area contributed by atoms with E-state index in [1.165, 1.54) is 21.3 Å². The van der Waals surface area contributed by atoms with Gasteiger partial charge < -0.3 is 19.9 Å². The van der Waals surface area contributed by atoms with Crippen LogP contribution in [0.3, 0.4) is 0 Å². The summed E-state index contributed by atoms with van der Waals surface area (Å²) in [5.41, 5.74) is 6.62. The lowest BCUT2D eigenvalue weighted by Crippen LogP contribution is -2.30. The highest BCUT2D eigenvalue weighted by Gasteiger charge is 2.28. The first-order valence-electron chi connectivity index (χ1n) is 6.01. The van der Waals surface area contributed by atoms with Crippen LogP contribution in [0.1, 0.15) is 18.5 Å². The third-order valence-corrected chi connectivity index (χ3v) is 4.92. The van der Waals surface area contributed by atoms with Crippen molar-refractivity contribution in [3.63, 3.8) is 0 Å². The van der Waals surface area contributed by atoms with E-state index in [0.717, 1.165) is 6.26 Å². The Balaban J connectivity index is 3.39. The Morgan fingerprint density at radius 3 is 2.00 bits per heavy atom. The second kappa shape index (κ2) is 6.32. The standard InChI is InChI=1S/C13H21NO5S/c1-8(20(5,15)16)11(14)9-6-7-10(17-2)13(19-4)12(9)18-3/h6-8,11H,14H2,1-5H3. The maximum atomic E-state index is 11.6. The molecule has 0 aliphatic carbocycles. The summed E-state index contributed by atoms with van der Waals surface area (Å²) in [5, 5.41) is -0.741. The molecule has 114 valence electrons. The van der Waals surface area contributed by atoms with Crippen molar-refractivity contribution < 1.29 is 22.6 Å². The smallest absolute Gasteiger partial charge is 0.203 e. The number of rotatable bonds is 6. The van der Waals surface area contributed by atoms with Crippen molar-refractivity contribution in [1.29, 1.82) is 0 Å². The fourth-order valence-electron chi connectivity index (χ4n) is 1.91. The van der Waals surface area contributed by atoms with E-state index in [9.17, 15) is 8.42 Å². The van der Waals surface area contributed by atoms with Crippen LogP contribution in [0.4, 0.5) is 0 Å². The quantitative estimate of drug-likeness (QED) is 0.848. The van der Waals surface area contributed by atoms with E-state index in [1.807, 2.05) is 0 Å². The van der Waals surface area contributed by atoms with Gasteiger partial charge >= 0.3 is 0 Å². The second-order valence-corrected chi connectivity index (χ2v) is 6.89. The summed E-state index contributed by atoms with van der Waals surface area (Å²) >= 11 is 0. The molecule has 1 aromatic carbocycles. The van der Waals surface area contributed by atoms with Crippen LogP contribution < -0.4 is 19.9 Å². The normalized spacial score (nSPS) is 14.5. The molecule has 0 aromatic heterocycles. The minimum atomic E-state index is -3.26. The van der Waals surface area contributed by atoms with E-state index in [0.29, 0.717) is 22.8 Å². The van der Waals surface area contributed by atoms with E-state index >= 15 is 0 Å². The molecule has 0 radical (unpaired) electrons. The number of ether oxygens (including phenoxy) is 3. The van der Waals surface area contributed by atoms with Gasteiger partial charge in [0.25, 0.3) is 0 Å². The van der Waals surface area contributed by atoms with Gasteiger partial charge in [0, 0.05) is 11.8 Å². The molecule has 0 saturated heterocycles. The van der Waals surface area contributed by atoms with Crippen LogP contribution >= 0.6 is 0 Å². The molecule has 0 amide bonds.